The van der Waals surface area contributed by atoms with E-state index in [4.69, 9.17) is 0 Å². The summed E-state index contributed by atoms with van der Waals surface area (Å²) < 4.78 is 0. The van der Waals surface area contributed by atoms with Gasteiger partial charge in [0.15, 0.2) is 0 Å². The molecule has 6 nitrogen and oxygen atoms in total. The van der Waals surface area contributed by atoms with Crippen LogP contribution in [-0.2, 0) is 16.1 Å². The van der Waals surface area contributed by atoms with Crippen molar-refractivity contribution in [3.05, 3.63) is 99.3 Å². The minimum absolute atomic E-state index is 0.172. The summed E-state index contributed by atoms with van der Waals surface area (Å²) in [7, 11) is 0. The lowest BCUT2D eigenvalue weighted by Gasteiger charge is -2.36. The van der Waals surface area contributed by atoms with Gasteiger partial charge in [-0.05, 0) is 71.5 Å². The average Bonchev–Trinajstić information content (AvgIpc) is 3.58. The number of benzene rings is 2. The molecule has 2 aromatic carbocycles. The third-order valence-electron chi connectivity index (χ3n) is 8.32. The Bertz CT molecular complexity index is 1430. The summed E-state index contributed by atoms with van der Waals surface area (Å²) in [5, 5.41) is 34.2. The highest BCUT2D eigenvalue weighted by molar-refractivity contribution is 7.09. The Morgan fingerprint density at radius 3 is 2.56 bits per heavy atom. The number of carbonyl (C=O) groups excluding carboxylic acids is 2. The molecule has 1 aromatic heterocycles. The molecule has 0 bridgehead atoms. The summed E-state index contributed by atoms with van der Waals surface area (Å²) in [4.78, 5) is 29.4. The number of thiophene rings is 1. The number of hydrogen-bond donors (Lipinski definition) is 3. The molecule has 4 atom stereocenters. The van der Waals surface area contributed by atoms with E-state index in [0.29, 0.717) is 25.7 Å². The molecule has 1 aliphatic carbocycles. The number of amides is 2. The highest BCUT2D eigenvalue weighted by Crippen LogP contribution is 2.47. The quantitative estimate of drug-likeness (QED) is 0.148. The first-order chi connectivity index (χ1) is 19.9. The van der Waals surface area contributed by atoms with Gasteiger partial charge in [-0.25, -0.2) is 0 Å². The van der Waals surface area contributed by atoms with E-state index in [1.807, 2.05) is 60.0 Å². The minimum atomic E-state index is -0.861. The topological polar surface area (TPSA) is 98.1 Å². The molecular weight excluding hydrogens is 534 g/mol. The van der Waals surface area contributed by atoms with Gasteiger partial charge in [0, 0.05) is 10.8 Å². The first kappa shape index (κ1) is 29.0. The largest absolute Gasteiger partial charge is 0.508 e. The molecule has 5 rings (SSSR count). The molecule has 0 spiro atoms. The van der Waals surface area contributed by atoms with Crippen molar-refractivity contribution in [1.82, 2.24) is 4.90 Å². The number of phenols is 1. The zero-order valence-electron chi connectivity index (χ0n) is 23.3. The van der Waals surface area contributed by atoms with Crippen LogP contribution in [0.2, 0.25) is 0 Å². The summed E-state index contributed by atoms with van der Waals surface area (Å²) >= 11 is 1.51. The van der Waals surface area contributed by atoms with Crippen LogP contribution in [0, 0.1) is 17.8 Å². The molecule has 7 heteroatoms. The third-order valence-corrected chi connectivity index (χ3v) is 9.18. The van der Waals surface area contributed by atoms with Crippen LogP contribution in [0.1, 0.15) is 55.0 Å². The van der Waals surface area contributed by atoms with Crippen LogP contribution in [0.15, 0.2) is 83.3 Å². The fraction of sp³-hybridized carbons (Fsp3) is 0.353. The standard InChI is InChI=1S/C34H37NO5S/c1-2-8-25-19-28-32(34(40)35(33(28)39)20-27-13-7-16-41-27)29(21-36)31(25)30(38)15-14-24(23-10-4-3-5-11-23)17-22-9-6-12-26(37)18-22/h3-7,9-13,16-18,28-30,32,36-38H,2,8,14-15,19-21H2,1H3/b24-17-/t28-,29+,30-,32-/m1/s1. The predicted molar refractivity (Wildman–Crippen MR) is 162 cm³/mol. The monoisotopic (exact) mass is 571 g/mol. The maximum absolute atomic E-state index is 13.6. The number of aliphatic hydroxyl groups is 2. The van der Waals surface area contributed by atoms with Crippen molar-refractivity contribution in [2.75, 3.05) is 6.61 Å². The van der Waals surface area contributed by atoms with E-state index in [0.717, 1.165) is 39.1 Å². The van der Waals surface area contributed by atoms with E-state index in [-0.39, 0.29) is 30.7 Å². The van der Waals surface area contributed by atoms with E-state index in [2.05, 4.69) is 6.92 Å². The molecule has 1 fully saturated rings. The lowest BCUT2D eigenvalue weighted by Crippen LogP contribution is -2.39. The van der Waals surface area contributed by atoms with Crippen LogP contribution >= 0.6 is 11.3 Å². The summed E-state index contributed by atoms with van der Waals surface area (Å²) in [5.74, 6) is -1.98. The summed E-state index contributed by atoms with van der Waals surface area (Å²) in [6, 6.07) is 20.8. The number of allylic oxidation sites excluding steroid dienone is 2. The van der Waals surface area contributed by atoms with Crippen LogP contribution in [-0.4, -0.2) is 44.7 Å². The van der Waals surface area contributed by atoms with Crippen LogP contribution in [0.3, 0.4) is 0 Å². The molecule has 0 radical (unpaired) electrons. The number of imide groups is 1. The number of fused-ring (bicyclic) bond motifs is 1. The van der Waals surface area contributed by atoms with E-state index in [1.165, 1.54) is 16.2 Å². The van der Waals surface area contributed by atoms with Gasteiger partial charge in [0.25, 0.3) is 0 Å². The molecule has 1 saturated heterocycles. The lowest BCUT2D eigenvalue weighted by molar-refractivity contribution is -0.140. The second-order valence-electron chi connectivity index (χ2n) is 11.0. The van der Waals surface area contributed by atoms with Gasteiger partial charge in [0.1, 0.15) is 5.75 Å². The fourth-order valence-electron chi connectivity index (χ4n) is 6.49. The maximum Gasteiger partial charge on any atom is 0.234 e. The molecule has 41 heavy (non-hydrogen) atoms. The Morgan fingerprint density at radius 1 is 1.07 bits per heavy atom. The van der Waals surface area contributed by atoms with Crippen molar-refractivity contribution in [2.45, 2.75) is 51.7 Å². The van der Waals surface area contributed by atoms with Crippen molar-refractivity contribution in [1.29, 1.82) is 0 Å². The molecule has 2 amide bonds. The Hall–Kier alpha value is -3.52. The molecule has 3 aromatic rings. The minimum Gasteiger partial charge on any atom is -0.508 e. The van der Waals surface area contributed by atoms with Crippen molar-refractivity contribution in [3.63, 3.8) is 0 Å². The molecule has 2 aliphatic rings. The molecule has 0 saturated carbocycles. The molecular formula is C34H37NO5S. The zero-order chi connectivity index (χ0) is 28.9. The van der Waals surface area contributed by atoms with Gasteiger partial charge in [0.2, 0.25) is 11.8 Å². The van der Waals surface area contributed by atoms with Crippen LogP contribution in [0.25, 0.3) is 11.6 Å². The van der Waals surface area contributed by atoms with Crippen molar-refractivity contribution < 1.29 is 24.9 Å². The number of carbonyl (C=O) groups is 2. The third kappa shape index (κ3) is 6.22. The Morgan fingerprint density at radius 2 is 1.88 bits per heavy atom. The molecule has 3 N–H and O–H groups in total. The van der Waals surface area contributed by atoms with Gasteiger partial charge in [-0.3, -0.25) is 14.5 Å². The van der Waals surface area contributed by atoms with Crippen LogP contribution < -0.4 is 0 Å². The lowest BCUT2D eigenvalue weighted by atomic mass is 9.67. The number of rotatable bonds is 11. The summed E-state index contributed by atoms with van der Waals surface area (Å²) in [6.07, 6.45) is 4.10. The Balaban J connectivity index is 1.42. The Kier molecular flexibility index (Phi) is 9.18. The van der Waals surface area contributed by atoms with E-state index >= 15 is 0 Å². The van der Waals surface area contributed by atoms with E-state index in [9.17, 15) is 24.9 Å². The number of hydrogen-bond acceptors (Lipinski definition) is 6. The van der Waals surface area contributed by atoms with Gasteiger partial charge in [0.05, 0.1) is 31.1 Å². The second kappa shape index (κ2) is 13.0. The normalized spacial score (nSPS) is 21.9. The molecule has 0 unspecified atom stereocenters. The van der Waals surface area contributed by atoms with Crippen molar-refractivity contribution in [2.24, 2.45) is 17.8 Å². The summed E-state index contributed by atoms with van der Waals surface area (Å²) in [5.41, 5.74) is 4.63. The van der Waals surface area contributed by atoms with Crippen molar-refractivity contribution >= 4 is 34.8 Å². The number of likely N-dealkylation sites (tertiary alicyclic amines) is 1. The highest BCUT2D eigenvalue weighted by atomic mass is 32.1. The predicted octanol–water partition coefficient (Wildman–Crippen LogP) is 6.05. The van der Waals surface area contributed by atoms with E-state index < -0.39 is 23.9 Å². The van der Waals surface area contributed by atoms with Gasteiger partial charge in [-0.2, -0.15) is 0 Å². The molecule has 2 heterocycles. The van der Waals surface area contributed by atoms with Crippen molar-refractivity contribution in [3.8, 4) is 5.75 Å². The average molecular weight is 572 g/mol. The number of phenolic OH excluding ortho intramolecular Hbond substituents is 1. The van der Waals surface area contributed by atoms with Crippen LogP contribution in [0.5, 0.6) is 5.75 Å². The maximum atomic E-state index is 13.6. The number of aromatic hydroxyl groups is 1. The van der Waals surface area contributed by atoms with E-state index in [1.54, 1.807) is 18.2 Å². The summed E-state index contributed by atoms with van der Waals surface area (Å²) in [6.45, 7) is 2.02. The van der Waals surface area contributed by atoms with Gasteiger partial charge in [-0.15, -0.1) is 11.3 Å². The molecule has 214 valence electrons. The first-order valence-electron chi connectivity index (χ1n) is 14.3. The zero-order valence-corrected chi connectivity index (χ0v) is 24.1. The number of nitrogens with zero attached hydrogens (tertiary/aromatic N) is 1. The smallest absolute Gasteiger partial charge is 0.234 e. The number of aliphatic hydroxyl groups excluding tert-OH is 2. The molecule has 1 aliphatic heterocycles. The van der Waals surface area contributed by atoms with Gasteiger partial charge in [-0.1, -0.05) is 73.5 Å². The second-order valence-corrected chi connectivity index (χ2v) is 12.0. The van der Waals surface area contributed by atoms with Crippen LogP contribution in [0.4, 0.5) is 0 Å². The highest BCUT2D eigenvalue weighted by Gasteiger charge is 2.54. The Labute approximate surface area is 245 Å². The first-order valence-corrected chi connectivity index (χ1v) is 15.2. The van der Waals surface area contributed by atoms with Gasteiger partial charge < -0.3 is 15.3 Å². The fourth-order valence-corrected chi connectivity index (χ4v) is 7.19. The van der Waals surface area contributed by atoms with Gasteiger partial charge >= 0.3 is 0 Å². The SMILES string of the molecule is CCCC1=C([C@H](O)CC/C(=C/c2cccc(O)c2)c2ccccc2)[C@H](CO)[C@@H]2C(=O)N(Cc3cccs3)C(=O)[C@@H]2C1.